The van der Waals surface area contributed by atoms with Crippen molar-refractivity contribution < 1.29 is 0 Å². The molecule has 4 nitrogen and oxygen atoms in total. The van der Waals surface area contributed by atoms with Gasteiger partial charge in [0.1, 0.15) is 5.82 Å². The van der Waals surface area contributed by atoms with Gasteiger partial charge >= 0.3 is 0 Å². The van der Waals surface area contributed by atoms with Gasteiger partial charge in [0.15, 0.2) is 5.82 Å². The second-order valence-corrected chi connectivity index (χ2v) is 7.64. The number of hydrogen-bond acceptors (Lipinski definition) is 4. The number of halogens is 2. The third kappa shape index (κ3) is 5.36. The molecule has 1 heterocycles. The Hall–Kier alpha value is -2.40. The number of benzene rings is 3. The maximum Gasteiger partial charge on any atom is 0.162 e. The van der Waals surface area contributed by atoms with Crippen molar-refractivity contribution in [3.63, 3.8) is 0 Å². The summed E-state index contributed by atoms with van der Waals surface area (Å²) in [5.74, 6) is 1.59. The van der Waals surface area contributed by atoms with E-state index in [9.17, 15) is 0 Å². The number of aromatic nitrogens is 2. The van der Waals surface area contributed by atoms with Crippen LogP contribution in [0.15, 0.2) is 66.7 Å². The van der Waals surface area contributed by atoms with Gasteiger partial charge in [-0.3, -0.25) is 0 Å². The predicted octanol–water partition coefficient (Wildman–Crippen LogP) is 5.83. The molecule has 0 atom stereocenters. The highest BCUT2D eigenvalue weighted by Gasteiger charge is 2.12. The summed E-state index contributed by atoms with van der Waals surface area (Å²) >= 11 is 0. The van der Waals surface area contributed by atoms with Crippen LogP contribution in [0, 0.1) is 0 Å². The maximum atomic E-state index is 6.11. The van der Waals surface area contributed by atoms with Gasteiger partial charge in [0.05, 0.1) is 5.52 Å². The topological polar surface area (TPSA) is 63.8 Å². The fraction of sp³-hybridized carbons (Fsp3) is 0.217. The molecule has 4 rings (SSSR count). The molecule has 0 bridgehead atoms. The molecule has 0 spiro atoms. The molecule has 3 aromatic carbocycles. The van der Waals surface area contributed by atoms with Gasteiger partial charge in [-0.15, -0.1) is 24.8 Å². The van der Waals surface area contributed by atoms with E-state index < -0.39 is 0 Å². The van der Waals surface area contributed by atoms with E-state index >= 15 is 0 Å². The van der Waals surface area contributed by atoms with E-state index in [1.807, 2.05) is 32.0 Å². The summed E-state index contributed by atoms with van der Waals surface area (Å²) in [6, 6.07) is 22.8. The zero-order valence-corrected chi connectivity index (χ0v) is 18.2. The average Bonchev–Trinajstić information content (AvgIpc) is 2.66. The third-order valence-electron chi connectivity index (χ3n) is 4.67. The number of nitrogens with two attached hydrogens (primary N) is 1. The van der Waals surface area contributed by atoms with Crippen LogP contribution in [-0.4, -0.2) is 22.1 Å². The van der Waals surface area contributed by atoms with Crippen LogP contribution in [0.1, 0.15) is 20.3 Å². The summed E-state index contributed by atoms with van der Waals surface area (Å²) in [4.78, 5) is 9.63. The zero-order chi connectivity index (χ0) is 18.9. The van der Waals surface area contributed by atoms with Gasteiger partial charge in [-0.1, -0.05) is 48.5 Å². The van der Waals surface area contributed by atoms with Crippen molar-refractivity contribution in [1.29, 1.82) is 0 Å². The first-order chi connectivity index (χ1) is 13.0. The number of rotatable bonds is 5. The molecule has 0 radical (unpaired) electrons. The molecule has 0 unspecified atom stereocenters. The molecular weight excluding hydrogens is 403 g/mol. The number of nitrogens with one attached hydrogen (secondary N) is 1. The first-order valence-corrected chi connectivity index (χ1v) is 9.28. The maximum absolute atomic E-state index is 6.11. The fourth-order valence-electron chi connectivity index (χ4n) is 3.17. The van der Waals surface area contributed by atoms with Gasteiger partial charge in [0.25, 0.3) is 0 Å². The van der Waals surface area contributed by atoms with Gasteiger partial charge in [-0.25, -0.2) is 9.97 Å². The minimum atomic E-state index is -0.211. The second kappa shape index (κ2) is 9.40. The highest BCUT2D eigenvalue weighted by molar-refractivity contribution is 5.92. The standard InChI is InChI=1S/C23H24N4.2ClH/c1-23(2,24)13-14-25-22-19-9-5-6-10-20(19)26-21(27-22)18-12-11-16-7-3-4-8-17(16)15-18;;/h3-12,15H,13-14,24H2,1-2H3,(H,25,26,27);2*1H. The molecule has 0 saturated carbocycles. The van der Waals surface area contributed by atoms with Gasteiger partial charge < -0.3 is 11.1 Å². The van der Waals surface area contributed by atoms with Crippen molar-refractivity contribution >= 4 is 52.3 Å². The van der Waals surface area contributed by atoms with E-state index in [0.29, 0.717) is 0 Å². The molecule has 3 N–H and O–H groups in total. The highest BCUT2D eigenvalue weighted by Crippen LogP contribution is 2.27. The molecule has 0 saturated heterocycles. The van der Waals surface area contributed by atoms with E-state index in [-0.39, 0.29) is 30.4 Å². The third-order valence-corrected chi connectivity index (χ3v) is 4.67. The summed E-state index contributed by atoms with van der Waals surface area (Å²) in [7, 11) is 0. The Morgan fingerprint density at radius 1 is 0.862 bits per heavy atom. The Labute approximate surface area is 183 Å². The minimum absolute atomic E-state index is 0. The first kappa shape index (κ1) is 22.9. The van der Waals surface area contributed by atoms with E-state index in [1.54, 1.807) is 0 Å². The Kier molecular flexibility index (Phi) is 7.42. The van der Waals surface area contributed by atoms with Crippen LogP contribution >= 0.6 is 24.8 Å². The van der Waals surface area contributed by atoms with Crippen LogP contribution in [0.2, 0.25) is 0 Å². The summed E-state index contributed by atoms with van der Waals surface area (Å²) in [6.45, 7) is 4.84. The van der Waals surface area contributed by atoms with Crippen LogP contribution in [-0.2, 0) is 0 Å². The minimum Gasteiger partial charge on any atom is -0.369 e. The lowest BCUT2D eigenvalue weighted by Gasteiger charge is -2.19. The van der Waals surface area contributed by atoms with Crippen molar-refractivity contribution in [1.82, 2.24) is 9.97 Å². The molecule has 0 aliphatic heterocycles. The monoisotopic (exact) mass is 428 g/mol. The molecule has 29 heavy (non-hydrogen) atoms. The van der Waals surface area contributed by atoms with E-state index in [2.05, 4.69) is 53.8 Å². The molecule has 4 aromatic rings. The smallest absolute Gasteiger partial charge is 0.162 e. The van der Waals surface area contributed by atoms with Gasteiger partial charge in [-0.2, -0.15) is 0 Å². The zero-order valence-electron chi connectivity index (χ0n) is 16.6. The van der Waals surface area contributed by atoms with Gasteiger partial charge in [-0.05, 0) is 49.2 Å². The summed E-state index contributed by atoms with van der Waals surface area (Å²) < 4.78 is 0. The van der Waals surface area contributed by atoms with Crippen molar-refractivity contribution in [3.8, 4) is 11.4 Å². The normalized spacial score (nSPS) is 11.0. The van der Waals surface area contributed by atoms with Crippen LogP contribution in [0.5, 0.6) is 0 Å². The lowest BCUT2D eigenvalue weighted by molar-refractivity contribution is 0.490. The quantitative estimate of drug-likeness (QED) is 0.419. The Balaban J connectivity index is 0.00000150. The molecule has 152 valence electrons. The van der Waals surface area contributed by atoms with Crippen molar-refractivity contribution in [3.05, 3.63) is 66.7 Å². The molecule has 0 aliphatic rings. The second-order valence-electron chi connectivity index (χ2n) is 7.64. The summed E-state index contributed by atoms with van der Waals surface area (Å²) in [5.41, 5.74) is 7.85. The molecule has 0 amide bonds. The first-order valence-electron chi connectivity index (χ1n) is 9.28. The van der Waals surface area contributed by atoms with Crippen LogP contribution in [0.3, 0.4) is 0 Å². The largest absolute Gasteiger partial charge is 0.369 e. The molecule has 6 heteroatoms. The van der Waals surface area contributed by atoms with Crippen molar-refractivity contribution in [2.24, 2.45) is 5.73 Å². The number of para-hydroxylation sites is 1. The lowest BCUT2D eigenvalue weighted by Crippen LogP contribution is -2.34. The highest BCUT2D eigenvalue weighted by atomic mass is 35.5. The Bertz CT molecular complexity index is 1110. The lowest BCUT2D eigenvalue weighted by atomic mass is 10.0. The SMILES string of the molecule is CC(C)(N)CCNc1nc(-c2ccc3ccccc3c2)nc2ccccc12.Cl.Cl. The molecule has 0 fully saturated rings. The Morgan fingerprint density at radius 3 is 2.31 bits per heavy atom. The van der Waals surface area contributed by atoms with Gasteiger partial charge in [0, 0.05) is 23.0 Å². The average molecular weight is 429 g/mol. The van der Waals surface area contributed by atoms with Crippen molar-refractivity contribution in [2.45, 2.75) is 25.8 Å². The number of anilines is 1. The van der Waals surface area contributed by atoms with E-state index in [1.165, 1.54) is 10.8 Å². The number of fused-ring (bicyclic) bond motifs is 2. The molecular formula is C23H26Cl2N4. The van der Waals surface area contributed by atoms with E-state index in [4.69, 9.17) is 15.7 Å². The summed E-state index contributed by atoms with van der Waals surface area (Å²) in [6.07, 6.45) is 0.858. The van der Waals surface area contributed by atoms with Gasteiger partial charge in [0.2, 0.25) is 0 Å². The van der Waals surface area contributed by atoms with Crippen LogP contribution < -0.4 is 11.1 Å². The predicted molar refractivity (Wildman–Crippen MR) is 128 cm³/mol. The van der Waals surface area contributed by atoms with Crippen LogP contribution in [0.4, 0.5) is 5.82 Å². The van der Waals surface area contributed by atoms with Crippen molar-refractivity contribution in [2.75, 3.05) is 11.9 Å². The molecule has 0 aliphatic carbocycles. The number of nitrogens with zero attached hydrogens (tertiary/aromatic N) is 2. The van der Waals surface area contributed by atoms with E-state index in [0.717, 1.165) is 41.1 Å². The Morgan fingerprint density at radius 2 is 1.55 bits per heavy atom. The molecule has 1 aromatic heterocycles. The van der Waals surface area contributed by atoms with Crippen LogP contribution in [0.25, 0.3) is 33.1 Å². The fourth-order valence-corrected chi connectivity index (χ4v) is 3.17. The summed E-state index contributed by atoms with van der Waals surface area (Å²) in [5, 5.41) is 6.89. The number of hydrogen-bond donors (Lipinski definition) is 2.